The molecule has 1 rings (SSSR count). The highest BCUT2D eigenvalue weighted by Crippen LogP contribution is 2.11. The van der Waals surface area contributed by atoms with Crippen LogP contribution >= 0.6 is 12.6 Å². The van der Waals surface area contributed by atoms with E-state index in [1.54, 1.807) is 0 Å². The lowest BCUT2D eigenvalue weighted by atomic mass is 10.1. The fraction of sp³-hybridized carbons (Fsp3) is 1.00. The monoisotopic (exact) mass is 132 g/mol. The molecule has 1 aliphatic heterocycles. The number of piperidine rings is 1. The van der Waals surface area contributed by atoms with E-state index in [1.807, 2.05) is 5.01 Å². The lowest BCUT2D eigenvalue weighted by Crippen LogP contribution is -2.39. The molecular formula is C5H12N2S. The van der Waals surface area contributed by atoms with Gasteiger partial charge in [-0.15, -0.1) is 0 Å². The molecule has 0 aromatic rings. The number of thiol groups is 1. The van der Waals surface area contributed by atoms with Gasteiger partial charge >= 0.3 is 0 Å². The highest BCUT2D eigenvalue weighted by atomic mass is 32.1. The molecular weight excluding hydrogens is 120 g/mol. The fourth-order valence-corrected chi connectivity index (χ4v) is 1.12. The predicted molar refractivity (Wildman–Crippen MR) is 37.8 cm³/mol. The summed E-state index contributed by atoms with van der Waals surface area (Å²) in [6.07, 6.45) is 2.28. The van der Waals surface area contributed by atoms with Gasteiger partial charge in [-0.05, 0) is 12.8 Å². The molecule has 0 bridgehead atoms. The molecule has 1 aliphatic rings. The van der Waals surface area contributed by atoms with Crippen LogP contribution in [0.15, 0.2) is 0 Å². The topological polar surface area (TPSA) is 29.3 Å². The molecule has 3 heteroatoms. The number of nitrogens with two attached hydrogens (primary N) is 1. The molecule has 0 aliphatic carbocycles. The normalized spacial score (nSPS) is 26.2. The van der Waals surface area contributed by atoms with E-state index in [9.17, 15) is 0 Å². The van der Waals surface area contributed by atoms with E-state index >= 15 is 0 Å². The van der Waals surface area contributed by atoms with Crippen molar-refractivity contribution >= 4 is 12.6 Å². The van der Waals surface area contributed by atoms with Gasteiger partial charge in [-0.25, -0.2) is 5.01 Å². The smallest absolute Gasteiger partial charge is 0.0139 e. The van der Waals surface area contributed by atoms with Crippen LogP contribution in [0.4, 0.5) is 0 Å². The van der Waals surface area contributed by atoms with Crippen LogP contribution in [-0.4, -0.2) is 23.3 Å². The van der Waals surface area contributed by atoms with Crippen LogP contribution in [0.1, 0.15) is 12.8 Å². The van der Waals surface area contributed by atoms with Gasteiger partial charge in [0.05, 0.1) is 0 Å². The average molecular weight is 132 g/mol. The Balaban J connectivity index is 2.19. The molecule has 48 valence electrons. The Labute approximate surface area is 55.4 Å². The maximum atomic E-state index is 5.50. The van der Waals surface area contributed by atoms with Crippen molar-refractivity contribution in [3.05, 3.63) is 0 Å². The Hall–Kier alpha value is 0.270. The van der Waals surface area contributed by atoms with Crippen molar-refractivity contribution in [1.82, 2.24) is 5.01 Å². The molecule has 2 nitrogen and oxygen atoms in total. The van der Waals surface area contributed by atoms with Gasteiger partial charge < -0.3 is 0 Å². The summed E-state index contributed by atoms with van der Waals surface area (Å²) in [5.74, 6) is 5.50. The van der Waals surface area contributed by atoms with Crippen molar-refractivity contribution in [3.63, 3.8) is 0 Å². The second-order valence-electron chi connectivity index (χ2n) is 2.27. The molecule has 0 unspecified atom stereocenters. The molecule has 1 saturated heterocycles. The summed E-state index contributed by atoms with van der Waals surface area (Å²) in [5.41, 5.74) is 0. The lowest BCUT2D eigenvalue weighted by Gasteiger charge is -2.24. The molecule has 0 atom stereocenters. The van der Waals surface area contributed by atoms with Crippen molar-refractivity contribution in [2.45, 2.75) is 18.1 Å². The molecule has 1 fully saturated rings. The first-order valence-corrected chi connectivity index (χ1v) is 3.48. The zero-order valence-electron chi connectivity index (χ0n) is 4.88. The molecule has 8 heavy (non-hydrogen) atoms. The van der Waals surface area contributed by atoms with E-state index < -0.39 is 0 Å². The summed E-state index contributed by atoms with van der Waals surface area (Å²) in [6, 6.07) is 0. The van der Waals surface area contributed by atoms with Gasteiger partial charge in [0.25, 0.3) is 0 Å². The highest BCUT2D eigenvalue weighted by Gasteiger charge is 2.11. The minimum atomic E-state index is 0.592. The van der Waals surface area contributed by atoms with Gasteiger partial charge in [-0.3, -0.25) is 5.84 Å². The molecule has 0 amide bonds. The van der Waals surface area contributed by atoms with Crippen LogP contribution in [0.3, 0.4) is 0 Å². The summed E-state index contributed by atoms with van der Waals surface area (Å²) >= 11 is 4.32. The minimum absolute atomic E-state index is 0.592. The van der Waals surface area contributed by atoms with Gasteiger partial charge in [-0.2, -0.15) is 12.6 Å². The lowest BCUT2D eigenvalue weighted by molar-refractivity contribution is 0.240. The third-order valence-corrected chi connectivity index (χ3v) is 2.02. The van der Waals surface area contributed by atoms with E-state index in [-0.39, 0.29) is 0 Å². The van der Waals surface area contributed by atoms with Crippen LogP contribution in [0.25, 0.3) is 0 Å². The highest BCUT2D eigenvalue weighted by molar-refractivity contribution is 7.80. The standard InChI is InChI=1S/C5H12N2S/c6-7-3-1-5(8)2-4-7/h5,8H,1-4,6H2. The molecule has 2 N–H and O–H groups in total. The number of nitrogens with zero attached hydrogens (tertiary/aromatic N) is 1. The zero-order valence-corrected chi connectivity index (χ0v) is 5.77. The van der Waals surface area contributed by atoms with Crippen LogP contribution < -0.4 is 5.84 Å². The van der Waals surface area contributed by atoms with E-state index in [2.05, 4.69) is 12.6 Å². The van der Waals surface area contributed by atoms with Gasteiger partial charge in [0, 0.05) is 18.3 Å². The number of hydrogen-bond acceptors (Lipinski definition) is 3. The van der Waals surface area contributed by atoms with Gasteiger partial charge in [0.2, 0.25) is 0 Å². The van der Waals surface area contributed by atoms with Crippen molar-refractivity contribution < 1.29 is 0 Å². The summed E-state index contributed by atoms with van der Waals surface area (Å²) in [5, 5.41) is 2.45. The van der Waals surface area contributed by atoms with Crippen molar-refractivity contribution in [1.29, 1.82) is 0 Å². The maximum absolute atomic E-state index is 5.50. The Morgan fingerprint density at radius 3 is 2.25 bits per heavy atom. The zero-order chi connectivity index (χ0) is 5.98. The van der Waals surface area contributed by atoms with Crippen LogP contribution in [0.2, 0.25) is 0 Å². The Morgan fingerprint density at radius 2 is 1.88 bits per heavy atom. The van der Waals surface area contributed by atoms with Gasteiger partial charge in [-0.1, -0.05) is 0 Å². The summed E-state index contributed by atoms with van der Waals surface area (Å²) in [6.45, 7) is 2.02. The van der Waals surface area contributed by atoms with Crippen LogP contribution in [0.5, 0.6) is 0 Å². The van der Waals surface area contributed by atoms with Crippen molar-refractivity contribution in [2.75, 3.05) is 13.1 Å². The van der Waals surface area contributed by atoms with Crippen LogP contribution in [0, 0.1) is 0 Å². The number of rotatable bonds is 0. The van der Waals surface area contributed by atoms with Crippen molar-refractivity contribution in [2.24, 2.45) is 5.84 Å². The summed E-state index contributed by atoms with van der Waals surface area (Å²) < 4.78 is 0. The van der Waals surface area contributed by atoms with Crippen molar-refractivity contribution in [3.8, 4) is 0 Å². The summed E-state index contributed by atoms with van der Waals surface area (Å²) in [4.78, 5) is 0. The van der Waals surface area contributed by atoms with Crippen LogP contribution in [-0.2, 0) is 0 Å². The van der Waals surface area contributed by atoms with Gasteiger partial charge in [0.1, 0.15) is 0 Å². The quantitative estimate of drug-likeness (QED) is 0.365. The van der Waals surface area contributed by atoms with E-state index in [1.165, 1.54) is 0 Å². The molecule has 0 saturated carbocycles. The summed E-state index contributed by atoms with van der Waals surface area (Å²) in [7, 11) is 0. The van der Waals surface area contributed by atoms with E-state index in [0.29, 0.717) is 5.25 Å². The Morgan fingerprint density at radius 1 is 1.38 bits per heavy atom. The third-order valence-electron chi connectivity index (χ3n) is 1.50. The first-order valence-electron chi connectivity index (χ1n) is 2.97. The fourth-order valence-electron chi connectivity index (χ4n) is 0.886. The number of hydrazine groups is 1. The van der Waals surface area contributed by atoms with E-state index in [0.717, 1.165) is 25.9 Å². The largest absolute Gasteiger partial charge is 0.269 e. The van der Waals surface area contributed by atoms with Gasteiger partial charge in [0.15, 0.2) is 0 Å². The molecule has 0 radical (unpaired) electrons. The molecule has 0 spiro atoms. The molecule has 0 aromatic heterocycles. The Bertz CT molecular complexity index is 58.8. The minimum Gasteiger partial charge on any atom is -0.269 e. The SMILES string of the molecule is NN1CCC(S)CC1. The molecule has 0 aromatic carbocycles. The third kappa shape index (κ3) is 1.65. The second kappa shape index (κ2) is 2.71. The maximum Gasteiger partial charge on any atom is 0.0139 e. The second-order valence-corrected chi connectivity index (χ2v) is 3.00. The number of hydrogen-bond donors (Lipinski definition) is 2. The first kappa shape index (κ1) is 6.39. The Kier molecular flexibility index (Phi) is 2.16. The van der Waals surface area contributed by atoms with E-state index in [4.69, 9.17) is 5.84 Å². The molecule has 1 heterocycles. The predicted octanol–water partition coefficient (Wildman–Crippen LogP) is 0.254. The average Bonchev–Trinajstić information content (AvgIpc) is 1.77. The first-order chi connectivity index (χ1) is 3.79.